The van der Waals surface area contributed by atoms with E-state index in [1.54, 1.807) is 0 Å². The van der Waals surface area contributed by atoms with E-state index in [0.717, 1.165) is 0 Å². The molecule has 2 rings (SSSR count). The van der Waals surface area contributed by atoms with Crippen LogP contribution in [0, 0.1) is 0 Å². The summed E-state index contributed by atoms with van der Waals surface area (Å²) in [7, 11) is 0. The first kappa shape index (κ1) is 6.12. The summed E-state index contributed by atoms with van der Waals surface area (Å²) >= 11 is 0. The van der Waals surface area contributed by atoms with Crippen molar-refractivity contribution in [3.8, 4) is 0 Å². The molecule has 0 aromatic heterocycles. The molecule has 10 heavy (non-hydrogen) atoms. The van der Waals surface area contributed by atoms with Crippen LogP contribution in [0.4, 0.5) is 0 Å². The van der Waals surface area contributed by atoms with Crippen LogP contribution in [0.25, 0.3) is 0 Å². The summed E-state index contributed by atoms with van der Waals surface area (Å²) in [4.78, 5) is 10.6. The topological polar surface area (TPSA) is 58.6 Å². The number of fused-ring (bicyclic) bond motifs is 2. The zero-order valence-corrected chi connectivity index (χ0v) is 5.46. The monoisotopic (exact) mass is 143 g/mol. The lowest BCUT2D eigenvalue weighted by Gasteiger charge is -2.21. The second-order valence-electron chi connectivity index (χ2n) is 2.91. The van der Waals surface area contributed by atoms with Gasteiger partial charge in [-0.05, 0) is 0 Å². The van der Waals surface area contributed by atoms with Gasteiger partial charge in [-0.2, -0.15) is 0 Å². The Morgan fingerprint density at radius 1 is 1.80 bits per heavy atom. The van der Waals surface area contributed by atoms with Gasteiger partial charge in [0.2, 0.25) is 0 Å². The Morgan fingerprint density at radius 3 is 2.80 bits per heavy atom. The van der Waals surface area contributed by atoms with Gasteiger partial charge >= 0.3 is 5.97 Å². The summed E-state index contributed by atoms with van der Waals surface area (Å²) in [5.41, 5.74) is -0.745. The number of hydrogen-bond donors (Lipinski definition) is 2. The van der Waals surface area contributed by atoms with Crippen molar-refractivity contribution >= 4 is 5.97 Å². The molecule has 4 nitrogen and oxygen atoms in total. The molecule has 2 fully saturated rings. The van der Waals surface area contributed by atoms with Gasteiger partial charge in [0.1, 0.15) is 5.54 Å². The molecule has 4 heteroatoms. The highest BCUT2D eigenvalue weighted by Crippen LogP contribution is 2.29. The first-order valence-electron chi connectivity index (χ1n) is 3.33. The quantitative estimate of drug-likeness (QED) is 0.504. The number of ether oxygens (including phenoxy) is 1. The fraction of sp³-hybridized carbons (Fsp3) is 0.833. The second-order valence-corrected chi connectivity index (χ2v) is 2.91. The third kappa shape index (κ3) is 0.602. The molecule has 56 valence electrons. The van der Waals surface area contributed by atoms with E-state index in [1.165, 1.54) is 0 Å². The summed E-state index contributed by atoms with van der Waals surface area (Å²) in [6, 6.07) is 0. The summed E-state index contributed by atoms with van der Waals surface area (Å²) in [6.45, 7) is 1.01. The van der Waals surface area contributed by atoms with E-state index in [2.05, 4.69) is 5.32 Å². The lowest BCUT2D eigenvalue weighted by molar-refractivity contribution is -0.145. The van der Waals surface area contributed by atoms with Crippen LogP contribution < -0.4 is 5.32 Å². The van der Waals surface area contributed by atoms with Crippen LogP contribution in [0.1, 0.15) is 6.42 Å². The number of aliphatic carboxylic acids is 1. The fourth-order valence-corrected chi connectivity index (χ4v) is 1.55. The summed E-state index contributed by atoms with van der Waals surface area (Å²) in [5, 5.41) is 11.7. The van der Waals surface area contributed by atoms with Crippen molar-refractivity contribution in [2.75, 3.05) is 13.2 Å². The van der Waals surface area contributed by atoms with Crippen molar-refractivity contribution in [3.05, 3.63) is 0 Å². The first-order chi connectivity index (χ1) is 4.73. The number of carbonyl (C=O) groups is 1. The Bertz CT molecular complexity index is 172. The highest BCUT2D eigenvalue weighted by atomic mass is 16.5. The molecule has 0 spiro atoms. The largest absolute Gasteiger partial charge is 0.480 e. The van der Waals surface area contributed by atoms with E-state index in [4.69, 9.17) is 9.84 Å². The molecule has 2 saturated heterocycles. The number of carboxylic acid groups (broad SMARTS) is 1. The van der Waals surface area contributed by atoms with E-state index >= 15 is 0 Å². The SMILES string of the molecule is O=C(O)[C@]12CO[C@H](CN1)C2. The first-order valence-corrected chi connectivity index (χ1v) is 3.33. The van der Waals surface area contributed by atoms with Crippen LogP contribution in [0.5, 0.6) is 0 Å². The van der Waals surface area contributed by atoms with Crippen molar-refractivity contribution in [2.24, 2.45) is 0 Å². The maximum absolute atomic E-state index is 10.6. The van der Waals surface area contributed by atoms with Crippen LogP contribution in [0.3, 0.4) is 0 Å². The number of rotatable bonds is 1. The third-order valence-electron chi connectivity index (χ3n) is 2.22. The molecule has 0 saturated carbocycles. The van der Waals surface area contributed by atoms with Crippen molar-refractivity contribution in [2.45, 2.75) is 18.1 Å². The normalized spacial score (nSPS) is 44.2. The minimum atomic E-state index is -0.785. The second kappa shape index (κ2) is 1.71. The predicted molar refractivity (Wildman–Crippen MR) is 32.7 cm³/mol. The minimum Gasteiger partial charge on any atom is -0.480 e. The molecule has 0 aromatic rings. The maximum Gasteiger partial charge on any atom is 0.326 e. The molecule has 2 aliphatic heterocycles. The van der Waals surface area contributed by atoms with Crippen LogP contribution in [0.15, 0.2) is 0 Å². The Morgan fingerprint density at radius 2 is 2.60 bits per heavy atom. The minimum absolute atomic E-state index is 0.135. The molecule has 2 atom stereocenters. The zero-order valence-electron chi connectivity index (χ0n) is 5.46. The van der Waals surface area contributed by atoms with E-state index < -0.39 is 11.5 Å². The molecule has 0 aromatic carbocycles. The number of nitrogens with one attached hydrogen (secondary N) is 1. The van der Waals surface area contributed by atoms with E-state index in [0.29, 0.717) is 19.6 Å². The molecule has 0 radical (unpaired) electrons. The number of morpholine rings is 1. The molecular weight excluding hydrogens is 134 g/mol. The molecule has 0 aliphatic carbocycles. The van der Waals surface area contributed by atoms with Crippen molar-refractivity contribution in [1.82, 2.24) is 5.32 Å². The van der Waals surface area contributed by atoms with Gasteiger partial charge in [-0.1, -0.05) is 0 Å². The Kier molecular flexibility index (Phi) is 1.04. The molecular formula is C6H9NO3. The highest BCUT2D eigenvalue weighted by molar-refractivity contribution is 5.80. The van der Waals surface area contributed by atoms with Gasteiger partial charge in [0.05, 0.1) is 12.7 Å². The van der Waals surface area contributed by atoms with Crippen molar-refractivity contribution in [3.63, 3.8) is 0 Å². The van der Waals surface area contributed by atoms with Gasteiger partial charge in [-0.15, -0.1) is 0 Å². The summed E-state index contributed by atoms with van der Waals surface area (Å²) in [5.74, 6) is -0.785. The zero-order chi connectivity index (χ0) is 7.19. The van der Waals surface area contributed by atoms with Gasteiger partial charge in [0, 0.05) is 13.0 Å². The Hall–Kier alpha value is -0.610. The summed E-state index contributed by atoms with van der Waals surface area (Å²) in [6.07, 6.45) is 0.763. The standard InChI is InChI=1S/C6H9NO3/c8-5(9)6-1-4(2-7-6)10-3-6/h4,7H,1-3H2,(H,8,9)/t4-,6-/m0/s1. The van der Waals surface area contributed by atoms with Gasteiger partial charge in [0.15, 0.2) is 0 Å². The van der Waals surface area contributed by atoms with Crippen LogP contribution in [-0.2, 0) is 9.53 Å². The van der Waals surface area contributed by atoms with Gasteiger partial charge in [-0.25, -0.2) is 0 Å². The molecule has 0 unspecified atom stereocenters. The van der Waals surface area contributed by atoms with Crippen molar-refractivity contribution < 1.29 is 14.6 Å². The predicted octanol–water partition coefficient (Wildman–Crippen LogP) is -0.798. The molecule has 2 N–H and O–H groups in total. The fourth-order valence-electron chi connectivity index (χ4n) is 1.55. The van der Waals surface area contributed by atoms with E-state index in [9.17, 15) is 4.79 Å². The average Bonchev–Trinajstić information content (AvgIpc) is 2.45. The average molecular weight is 143 g/mol. The van der Waals surface area contributed by atoms with Crippen LogP contribution in [0.2, 0.25) is 0 Å². The smallest absolute Gasteiger partial charge is 0.326 e. The lowest BCUT2D eigenvalue weighted by Crippen LogP contribution is -2.51. The third-order valence-corrected chi connectivity index (χ3v) is 2.22. The van der Waals surface area contributed by atoms with Crippen LogP contribution >= 0.6 is 0 Å². The van der Waals surface area contributed by atoms with Crippen molar-refractivity contribution in [1.29, 1.82) is 0 Å². The molecule has 2 heterocycles. The van der Waals surface area contributed by atoms with Gasteiger partial charge < -0.3 is 9.84 Å². The molecule has 0 amide bonds. The maximum atomic E-state index is 10.6. The lowest BCUT2D eigenvalue weighted by atomic mass is 10.0. The molecule has 2 bridgehead atoms. The number of carboxylic acids is 1. The van der Waals surface area contributed by atoms with Gasteiger partial charge in [0.25, 0.3) is 0 Å². The van der Waals surface area contributed by atoms with E-state index in [1.807, 2.05) is 0 Å². The Labute approximate surface area is 58.2 Å². The summed E-state index contributed by atoms with van der Waals surface area (Å²) < 4.78 is 5.17. The van der Waals surface area contributed by atoms with Crippen LogP contribution in [-0.4, -0.2) is 35.9 Å². The number of hydrogen-bond acceptors (Lipinski definition) is 3. The van der Waals surface area contributed by atoms with E-state index in [-0.39, 0.29) is 6.10 Å². The highest BCUT2D eigenvalue weighted by Gasteiger charge is 2.51. The Balaban J connectivity index is 2.23. The molecule has 2 aliphatic rings. The van der Waals surface area contributed by atoms with Gasteiger partial charge in [-0.3, -0.25) is 10.1 Å².